The molecule has 0 fully saturated rings. The number of nitrogens with zero attached hydrogens (tertiary/aromatic N) is 2. The van der Waals surface area contributed by atoms with Crippen LogP contribution in [0.4, 0.5) is 5.95 Å². The lowest BCUT2D eigenvalue weighted by molar-refractivity contribution is -0.120. The number of carbonyl (C=O) groups is 1. The summed E-state index contributed by atoms with van der Waals surface area (Å²) in [5, 5.41) is 9.33. The van der Waals surface area contributed by atoms with Crippen LogP contribution in [0.2, 0.25) is 0 Å². The third-order valence-electron chi connectivity index (χ3n) is 3.66. The average Bonchev–Trinajstić information content (AvgIpc) is 3.02. The van der Waals surface area contributed by atoms with Gasteiger partial charge in [-0.3, -0.25) is 9.89 Å². The number of hydrogen-bond acceptors (Lipinski definition) is 4. The minimum absolute atomic E-state index is 0.0186. The van der Waals surface area contributed by atoms with Gasteiger partial charge in [-0.05, 0) is 16.7 Å². The fraction of sp³-hybridized carbons (Fsp3) is 0.167. The van der Waals surface area contributed by atoms with Gasteiger partial charge in [0.2, 0.25) is 11.9 Å². The number of carbonyl (C=O) groups excluding carboxylic acids is 1. The third kappa shape index (κ3) is 4.19. The number of hydrogen-bond donors (Lipinski definition) is 3. The molecule has 0 aliphatic rings. The molecule has 0 aliphatic heterocycles. The fourth-order valence-electron chi connectivity index (χ4n) is 2.44. The van der Waals surface area contributed by atoms with E-state index in [1.165, 1.54) is 5.56 Å². The molecule has 0 aliphatic carbocycles. The monoisotopic (exact) mass is 321 g/mol. The molecular formula is C18H19N5O. The lowest BCUT2D eigenvalue weighted by Gasteiger charge is -2.06. The Morgan fingerprint density at radius 3 is 2.42 bits per heavy atom. The van der Waals surface area contributed by atoms with Crippen LogP contribution in [-0.4, -0.2) is 27.6 Å². The van der Waals surface area contributed by atoms with Gasteiger partial charge in [0.05, 0.1) is 6.42 Å². The van der Waals surface area contributed by atoms with Crippen molar-refractivity contribution in [1.82, 2.24) is 20.5 Å². The van der Waals surface area contributed by atoms with Gasteiger partial charge in [0.1, 0.15) is 5.82 Å². The first-order valence-corrected chi connectivity index (χ1v) is 7.78. The van der Waals surface area contributed by atoms with Gasteiger partial charge in [-0.25, -0.2) is 0 Å². The molecule has 0 radical (unpaired) electrons. The van der Waals surface area contributed by atoms with Crippen molar-refractivity contribution in [1.29, 1.82) is 0 Å². The number of rotatable bonds is 6. The van der Waals surface area contributed by atoms with Crippen LogP contribution in [0, 0.1) is 0 Å². The van der Waals surface area contributed by atoms with Gasteiger partial charge in [0.25, 0.3) is 0 Å². The molecule has 3 aromatic rings. The molecule has 24 heavy (non-hydrogen) atoms. The second-order valence-corrected chi connectivity index (χ2v) is 5.48. The van der Waals surface area contributed by atoms with Crippen molar-refractivity contribution in [3.05, 3.63) is 66.0 Å². The Labute approximate surface area is 140 Å². The van der Waals surface area contributed by atoms with Crippen LogP contribution in [0.5, 0.6) is 0 Å². The van der Waals surface area contributed by atoms with E-state index in [0.29, 0.717) is 25.2 Å². The van der Waals surface area contributed by atoms with E-state index in [-0.39, 0.29) is 11.9 Å². The smallest absolute Gasteiger partial charge is 0.239 e. The lowest BCUT2D eigenvalue weighted by Crippen LogP contribution is -2.27. The Balaban J connectivity index is 1.49. The quantitative estimate of drug-likeness (QED) is 0.646. The first kappa shape index (κ1) is 15.7. The minimum Gasteiger partial charge on any atom is -0.367 e. The largest absolute Gasteiger partial charge is 0.367 e. The first-order chi connectivity index (χ1) is 11.7. The summed E-state index contributed by atoms with van der Waals surface area (Å²) >= 11 is 0. The van der Waals surface area contributed by atoms with Crippen LogP contribution in [0.25, 0.3) is 11.1 Å². The number of nitrogens with one attached hydrogen (secondary N) is 2. The van der Waals surface area contributed by atoms with Crippen molar-refractivity contribution < 1.29 is 4.79 Å². The van der Waals surface area contributed by atoms with Crippen LogP contribution >= 0.6 is 0 Å². The lowest BCUT2D eigenvalue weighted by atomic mass is 10.0. The molecule has 0 saturated heterocycles. The topological polar surface area (TPSA) is 96.7 Å². The molecular weight excluding hydrogens is 302 g/mol. The molecule has 4 N–H and O–H groups in total. The number of benzene rings is 2. The van der Waals surface area contributed by atoms with E-state index in [0.717, 1.165) is 11.1 Å². The van der Waals surface area contributed by atoms with Gasteiger partial charge in [-0.15, -0.1) is 5.10 Å². The summed E-state index contributed by atoms with van der Waals surface area (Å²) in [4.78, 5) is 16.0. The molecule has 0 spiro atoms. The highest BCUT2D eigenvalue weighted by molar-refractivity contribution is 5.78. The molecule has 0 bridgehead atoms. The Morgan fingerprint density at radius 2 is 1.75 bits per heavy atom. The molecule has 6 nitrogen and oxygen atoms in total. The normalized spacial score (nSPS) is 10.5. The summed E-state index contributed by atoms with van der Waals surface area (Å²) < 4.78 is 0. The van der Waals surface area contributed by atoms with Gasteiger partial charge in [0.15, 0.2) is 0 Å². The number of aromatic amines is 1. The second kappa shape index (κ2) is 7.41. The van der Waals surface area contributed by atoms with Gasteiger partial charge in [-0.2, -0.15) is 4.98 Å². The van der Waals surface area contributed by atoms with Gasteiger partial charge >= 0.3 is 0 Å². The zero-order valence-electron chi connectivity index (χ0n) is 13.2. The zero-order valence-corrected chi connectivity index (χ0v) is 13.2. The maximum absolute atomic E-state index is 12.0. The Bertz CT molecular complexity index is 796. The molecule has 0 saturated carbocycles. The molecule has 1 aromatic heterocycles. The van der Waals surface area contributed by atoms with Gasteiger partial charge < -0.3 is 11.1 Å². The summed E-state index contributed by atoms with van der Waals surface area (Å²) in [7, 11) is 0. The summed E-state index contributed by atoms with van der Waals surface area (Å²) in [6.07, 6.45) is 0.927. The van der Waals surface area contributed by atoms with Crippen LogP contribution in [0.15, 0.2) is 54.6 Å². The van der Waals surface area contributed by atoms with E-state index in [9.17, 15) is 4.79 Å². The number of nitrogen functional groups attached to an aromatic ring is 1. The highest BCUT2D eigenvalue weighted by Crippen LogP contribution is 2.19. The summed E-state index contributed by atoms with van der Waals surface area (Å²) in [6, 6.07) is 18.2. The first-order valence-electron chi connectivity index (χ1n) is 7.78. The Hall–Kier alpha value is -3.15. The predicted molar refractivity (Wildman–Crippen MR) is 93.1 cm³/mol. The third-order valence-corrected chi connectivity index (χ3v) is 3.66. The second-order valence-electron chi connectivity index (χ2n) is 5.48. The van der Waals surface area contributed by atoms with E-state index in [1.807, 2.05) is 42.5 Å². The molecule has 0 atom stereocenters. The van der Waals surface area contributed by atoms with E-state index in [4.69, 9.17) is 5.73 Å². The average molecular weight is 321 g/mol. The van der Waals surface area contributed by atoms with Crippen molar-refractivity contribution in [3.8, 4) is 11.1 Å². The summed E-state index contributed by atoms with van der Waals surface area (Å²) in [5.41, 5.74) is 8.72. The number of amides is 1. The number of anilines is 1. The highest BCUT2D eigenvalue weighted by Gasteiger charge is 2.05. The maximum Gasteiger partial charge on any atom is 0.239 e. The minimum atomic E-state index is -0.0186. The Morgan fingerprint density at radius 1 is 1.04 bits per heavy atom. The molecule has 122 valence electrons. The van der Waals surface area contributed by atoms with E-state index in [2.05, 4.69) is 32.6 Å². The molecule has 6 heteroatoms. The predicted octanol–water partition coefficient (Wildman–Crippen LogP) is 1.96. The summed E-state index contributed by atoms with van der Waals surface area (Å²) in [6.45, 7) is 0.496. The van der Waals surface area contributed by atoms with Gasteiger partial charge in [0, 0.05) is 13.0 Å². The number of aromatic nitrogens is 3. The molecule has 1 heterocycles. The van der Waals surface area contributed by atoms with Crippen molar-refractivity contribution in [3.63, 3.8) is 0 Å². The van der Waals surface area contributed by atoms with Crippen LogP contribution in [0.3, 0.4) is 0 Å². The van der Waals surface area contributed by atoms with Crippen LogP contribution < -0.4 is 11.1 Å². The molecule has 1 amide bonds. The molecule has 2 aromatic carbocycles. The fourth-order valence-corrected chi connectivity index (χ4v) is 2.44. The number of nitrogens with two attached hydrogens (primary N) is 1. The zero-order chi connectivity index (χ0) is 16.8. The van der Waals surface area contributed by atoms with Crippen LogP contribution in [0.1, 0.15) is 11.4 Å². The Kier molecular flexibility index (Phi) is 4.86. The van der Waals surface area contributed by atoms with Crippen LogP contribution in [-0.2, 0) is 17.6 Å². The SMILES string of the molecule is Nc1n[nH]c(CCNC(=O)Cc2ccc(-c3ccccc3)cc2)n1. The summed E-state index contributed by atoms with van der Waals surface area (Å²) in [5.74, 6) is 0.866. The van der Waals surface area contributed by atoms with E-state index in [1.54, 1.807) is 0 Å². The van der Waals surface area contributed by atoms with Crippen molar-refractivity contribution in [2.45, 2.75) is 12.8 Å². The van der Waals surface area contributed by atoms with Gasteiger partial charge in [-0.1, -0.05) is 54.6 Å². The molecule has 0 unspecified atom stereocenters. The number of H-pyrrole nitrogens is 1. The highest BCUT2D eigenvalue weighted by atomic mass is 16.1. The van der Waals surface area contributed by atoms with Crippen molar-refractivity contribution in [2.75, 3.05) is 12.3 Å². The molecule has 3 rings (SSSR count). The van der Waals surface area contributed by atoms with Crippen molar-refractivity contribution in [2.24, 2.45) is 0 Å². The standard InChI is InChI=1S/C18H19N5O/c19-18-21-16(22-23-18)10-11-20-17(24)12-13-6-8-15(9-7-13)14-4-2-1-3-5-14/h1-9H,10-12H2,(H,20,24)(H3,19,21,22,23). The van der Waals surface area contributed by atoms with E-state index >= 15 is 0 Å². The maximum atomic E-state index is 12.0. The van der Waals surface area contributed by atoms with Crippen molar-refractivity contribution >= 4 is 11.9 Å². The van der Waals surface area contributed by atoms with E-state index < -0.39 is 0 Å².